The SMILES string of the molecule is CCN(CC)C(CC(NCN)(N(CC)CC)N(CC)CC)N(CC)CC. The number of nitrogens with two attached hydrogens (primary N) is 1. The van der Waals surface area contributed by atoms with Gasteiger partial charge in [0.05, 0.1) is 6.17 Å². The van der Waals surface area contributed by atoms with Gasteiger partial charge in [0, 0.05) is 13.1 Å². The van der Waals surface area contributed by atoms with Crippen molar-refractivity contribution in [2.75, 3.05) is 59.0 Å². The minimum Gasteiger partial charge on any atom is -0.318 e. The van der Waals surface area contributed by atoms with Gasteiger partial charge in [-0.15, -0.1) is 0 Å². The van der Waals surface area contributed by atoms with Crippen LogP contribution in [-0.2, 0) is 0 Å². The maximum Gasteiger partial charge on any atom is 0.132 e. The topological polar surface area (TPSA) is 51.0 Å². The van der Waals surface area contributed by atoms with E-state index in [-0.39, 0.29) is 5.79 Å². The van der Waals surface area contributed by atoms with Crippen molar-refractivity contribution in [2.45, 2.75) is 73.8 Å². The molecule has 0 aromatic carbocycles. The lowest BCUT2D eigenvalue weighted by Gasteiger charge is -2.54. The van der Waals surface area contributed by atoms with E-state index in [1.807, 2.05) is 0 Å². The molecule has 26 heavy (non-hydrogen) atoms. The molecule has 6 nitrogen and oxygen atoms in total. The van der Waals surface area contributed by atoms with Gasteiger partial charge >= 0.3 is 0 Å². The third-order valence-corrected chi connectivity index (χ3v) is 5.89. The summed E-state index contributed by atoms with van der Waals surface area (Å²) >= 11 is 0. The number of hydrogen-bond donors (Lipinski definition) is 2. The van der Waals surface area contributed by atoms with E-state index in [1.165, 1.54) is 0 Å². The predicted octanol–water partition coefficient (Wildman–Crippen LogP) is 2.23. The molecule has 0 aliphatic heterocycles. The molecule has 158 valence electrons. The van der Waals surface area contributed by atoms with Gasteiger partial charge in [0.1, 0.15) is 5.79 Å². The highest BCUT2D eigenvalue weighted by atomic mass is 15.5. The molecule has 0 saturated heterocycles. The first-order chi connectivity index (χ1) is 12.5. The van der Waals surface area contributed by atoms with E-state index in [0.717, 1.165) is 58.8 Å². The summed E-state index contributed by atoms with van der Waals surface area (Å²) in [5, 5.41) is 3.71. The zero-order chi connectivity index (χ0) is 20.2. The van der Waals surface area contributed by atoms with Crippen molar-refractivity contribution in [2.24, 2.45) is 5.73 Å². The fraction of sp³-hybridized carbons (Fsp3) is 1.00. The second kappa shape index (κ2) is 13.9. The molecule has 0 aliphatic carbocycles. The molecule has 0 saturated carbocycles. The van der Waals surface area contributed by atoms with E-state index in [9.17, 15) is 0 Å². The lowest BCUT2D eigenvalue weighted by atomic mass is 10.0. The van der Waals surface area contributed by atoms with Crippen LogP contribution in [0.5, 0.6) is 0 Å². The average molecular weight is 373 g/mol. The van der Waals surface area contributed by atoms with Crippen molar-refractivity contribution in [3.05, 3.63) is 0 Å². The van der Waals surface area contributed by atoms with Gasteiger partial charge < -0.3 is 5.73 Å². The van der Waals surface area contributed by atoms with Crippen LogP contribution in [0.1, 0.15) is 61.8 Å². The summed E-state index contributed by atoms with van der Waals surface area (Å²) in [5.41, 5.74) is 6.08. The number of hydrogen-bond acceptors (Lipinski definition) is 6. The monoisotopic (exact) mass is 372 g/mol. The highest BCUT2D eigenvalue weighted by Crippen LogP contribution is 2.27. The molecule has 6 heteroatoms. The fourth-order valence-electron chi connectivity index (χ4n) is 4.44. The molecule has 0 atom stereocenters. The summed E-state index contributed by atoms with van der Waals surface area (Å²) in [6.45, 7) is 26.8. The summed E-state index contributed by atoms with van der Waals surface area (Å²) in [6, 6.07) is 0. The summed E-state index contributed by atoms with van der Waals surface area (Å²) < 4.78 is 0. The van der Waals surface area contributed by atoms with E-state index in [2.05, 4.69) is 80.3 Å². The van der Waals surface area contributed by atoms with E-state index >= 15 is 0 Å². The minimum absolute atomic E-state index is 0.225. The molecule has 0 rings (SSSR count). The van der Waals surface area contributed by atoms with Crippen LogP contribution in [0.15, 0.2) is 0 Å². The van der Waals surface area contributed by atoms with Crippen LogP contribution in [0.4, 0.5) is 0 Å². The van der Waals surface area contributed by atoms with Gasteiger partial charge in [-0.3, -0.25) is 24.9 Å². The van der Waals surface area contributed by atoms with Crippen molar-refractivity contribution in [1.29, 1.82) is 0 Å². The van der Waals surface area contributed by atoms with E-state index < -0.39 is 0 Å². The zero-order valence-corrected chi connectivity index (χ0v) is 19.0. The van der Waals surface area contributed by atoms with E-state index in [1.54, 1.807) is 0 Å². The van der Waals surface area contributed by atoms with Crippen LogP contribution < -0.4 is 11.1 Å². The zero-order valence-electron chi connectivity index (χ0n) is 19.0. The number of nitrogens with zero attached hydrogens (tertiary/aromatic N) is 4. The van der Waals surface area contributed by atoms with E-state index in [0.29, 0.717) is 12.8 Å². The minimum atomic E-state index is -0.225. The highest BCUT2D eigenvalue weighted by molar-refractivity contribution is 4.92. The molecule has 0 fully saturated rings. The molecule has 0 aromatic rings. The number of rotatable bonds is 16. The molecule has 0 radical (unpaired) electrons. The van der Waals surface area contributed by atoms with Crippen LogP contribution in [0.3, 0.4) is 0 Å². The van der Waals surface area contributed by atoms with Crippen molar-refractivity contribution >= 4 is 0 Å². The predicted molar refractivity (Wildman–Crippen MR) is 115 cm³/mol. The second-order valence-electron chi connectivity index (χ2n) is 6.67. The van der Waals surface area contributed by atoms with Crippen LogP contribution >= 0.6 is 0 Å². The Hall–Kier alpha value is -0.240. The van der Waals surface area contributed by atoms with Crippen molar-refractivity contribution < 1.29 is 0 Å². The van der Waals surface area contributed by atoms with Gasteiger partial charge in [-0.25, -0.2) is 0 Å². The third-order valence-electron chi connectivity index (χ3n) is 5.89. The molecule has 0 amide bonds. The first-order valence-electron chi connectivity index (χ1n) is 10.9. The van der Waals surface area contributed by atoms with Gasteiger partial charge in [0.15, 0.2) is 0 Å². The standard InChI is InChI=1S/C20H48N6/c1-9-23(10-2)19(24(11-3)12-4)17-20(22-18-21,25(13-5)14-6)26(15-7)16-8/h19,22H,9-18,21H2,1-8H3. The normalized spacial score (nSPS) is 13.2. The summed E-state index contributed by atoms with van der Waals surface area (Å²) in [5.74, 6) is -0.225. The molecule has 0 unspecified atom stereocenters. The number of nitrogens with one attached hydrogen (secondary N) is 1. The fourth-order valence-corrected chi connectivity index (χ4v) is 4.44. The molecule has 3 N–H and O–H groups in total. The maximum atomic E-state index is 6.08. The molecule has 0 spiro atoms. The first-order valence-corrected chi connectivity index (χ1v) is 10.9. The van der Waals surface area contributed by atoms with E-state index in [4.69, 9.17) is 5.73 Å². The van der Waals surface area contributed by atoms with Crippen LogP contribution in [0.2, 0.25) is 0 Å². The van der Waals surface area contributed by atoms with Crippen molar-refractivity contribution in [1.82, 2.24) is 24.9 Å². The molecule has 0 bridgehead atoms. The van der Waals surface area contributed by atoms with Crippen LogP contribution in [0, 0.1) is 0 Å². The summed E-state index contributed by atoms with van der Waals surface area (Å²) in [7, 11) is 0. The van der Waals surface area contributed by atoms with Gasteiger partial charge in [-0.1, -0.05) is 55.4 Å². The van der Waals surface area contributed by atoms with Crippen LogP contribution in [0.25, 0.3) is 0 Å². The van der Waals surface area contributed by atoms with Crippen molar-refractivity contribution in [3.63, 3.8) is 0 Å². The summed E-state index contributed by atoms with van der Waals surface area (Å²) in [6.07, 6.45) is 1.40. The Morgan fingerprint density at radius 2 is 1.00 bits per heavy atom. The Balaban J connectivity index is 6.15. The molecule has 0 aliphatic rings. The third kappa shape index (κ3) is 6.14. The largest absolute Gasteiger partial charge is 0.318 e. The first kappa shape index (κ1) is 25.8. The molecular formula is C20H48N6. The Labute approximate surface area is 164 Å². The Bertz CT molecular complexity index is 298. The Morgan fingerprint density at radius 1 is 0.654 bits per heavy atom. The highest BCUT2D eigenvalue weighted by Gasteiger charge is 2.43. The Kier molecular flexibility index (Phi) is 13.7. The lowest BCUT2D eigenvalue weighted by Crippen LogP contribution is -2.72. The van der Waals surface area contributed by atoms with Gasteiger partial charge in [0.25, 0.3) is 0 Å². The van der Waals surface area contributed by atoms with Gasteiger partial charge in [-0.2, -0.15) is 0 Å². The average Bonchev–Trinajstić information content (AvgIpc) is 2.65. The lowest BCUT2D eigenvalue weighted by molar-refractivity contribution is -0.115. The second-order valence-corrected chi connectivity index (χ2v) is 6.67. The van der Waals surface area contributed by atoms with Gasteiger partial charge in [0.2, 0.25) is 0 Å². The van der Waals surface area contributed by atoms with Gasteiger partial charge in [-0.05, 0) is 52.4 Å². The quantitative estimate of drug-likeness (QED) is 0.405. The summed E-state index contributed by atoms with van der Waals surface area (Å²) in [4.78, 5) is 10.3. The molecular weight excluding hydrogens is 324 g/mol. The maximum absolute atomic E-state index is 6.08. The molecule has 0 heterocycles. The molecule has 0 aromatic heterocycles. The van der Waals surface area contributed by atoms with Crippen molar-refractivity contribution in [3.8, 4) is 0 Å². The Morgan fingerprint density at radius 3 is 1.23 bits per heavy atom. The smallest absolute Gasteiger partial charge is 0.132 e. The van der Waals surface area contributed by atoms with Crippen LogP contribution in [-0.4, -0.2) is 90.6 Å².